The van der Waals surface area contributed by atoms with Crippen LogP contribution in [0.25, 0.3) is 0 Å². The van der Waals surface area contributed by atoms with E-state index in [1.54, 1.807) is 24.3 Å². The lowest BCUT2D eigenvalue weighted by Gasteiger charge is -2.09. The third-order valence-corrected chi connectivity index (χ3v) is 4.40. The fourth-order valence-corrected chi connectivity index (χ4v) is 2.61. The van der Waals surface area contributed by atoms with E-state index in [0.29, 0.717) is 104 Å². The van der Waals surface area contributed by atoms with Gasteiger partial charge in [0.25, 0.3) is 0 Å². The predicted molar refractivity (Wildman–Crippen MR) is 134 cm³/mol. The molecule has 1 rings (SSSR count). The van der Waals surface area contributed by atoms with Gasteiger partial charge in [0.2, 0.25) is 5.91 Å². The molecule has 0 aliphatic heterocycles. The van der Waals surface area contributed by atoms with Gasteiger partial charge < -0.3 is 48.3 Å². The fourth-order valence-electron chi connectivity index (χ4n) is 2.61. The maximum absolute atomic E-state index is 11.3. The van der Waals surface area contributed by atoms with E-state index >= 15 is 0 Å². The van der Waals surface area contributed by atoms with Gasteiger partial charge in [-0.05, 0) is 24.3 Å². The van der Waals surface area contributed by atoms with Crippen LogP contribution < -0.4 is 10.1 Å². The second-order valence-electron chi connectivity index (χ2n) is 7.45. The Balaban J connectivity index is 1.70. The van der Waals surface area contributed by atoms with Gasteiger partial charge in [-0.3, -0.25) is 9.59 Å². The molecule has 0 spiro atoms. The highest BCUT2D eigenvalue weighted by molar-refractivity contribution is 5.77. The minimum atomic E-state index is -1.12. The molecule has 1 aromatic carbocycles. The third-order valence-electron chi connectivity index (χ3n) is 4.40. The Morgan fingerprint density at radius 3 is 1.53 bits per heavy atom. The largest absolute Gasteiger partial charge is 0.491 e. The van der Waals surface area contributed by atoms with Crippen molar-refractivity contribution in [2.45, 2.75) is 0 Å². The third kappa shape index (κ3) is 21.4. The number of hydrogen-bond acceptors (Lipinski definition) is 11. The van der Waals surface area contributed by atoms with E-state index < -0.39 is 18.5 Å². The second-order valence-corrected chi connectivity index (χ2v) is 7.45. The van der Waals surface area contributed by atoms with Crippen molar-refractivity contribution in [3.05, 3.63) is 29.8 Å². The van der Waals surface area contributed by atoms with Crippen LogP contribution in [0.4, 0.5) is 0 Å². The predicted octanol–water partition coefficient (Wildman–Crippen LogP) is 0.195. The Hall–Kier alpha value is -2.65. The number of hydrogen-bond donors (Lipinski definition) is 2. The molecule has 1 amide bonds. The summed E-state index contributed by atoms with van der Waals surface area (Å²) in [6.45, 7) is 5.09. The van der Waals surface area contributed by atoms with Crippen LogP contribution in [-0.2, 0) is 42.7 Å². The molecule has 0 saturated heterocycles. The number of nitrogens with one attached hydrogen (secondary N) is 1. The van der Waals surface area contributed by atoms with Crippen molar-refractivity contribution < 1.29 is 57.4 Å². The van der Waals surface area contributed by atoms with Gasteiger partial charge in [-0.25, -0.2) is 4.79 Å². The highest BCUT2D eigenvalue weighted by Gasteiger charge is 2.03. The van der Waals surface area contributed by atoms with Gasteiger partial charge in [-0.2, -0.15) is 0 Å². The summed E-state index contributed by atoms with van der Waals surface area (Å²) in [5.74, 6) is -0.833. The molecule has 0 aromatic heterocycles. The standard InChI is InChI=1S/C25H39NO12/c27-19-22-1-3-23(4-2-22)38-18-17-36-16-15-35-14-13-34-12-11-33-10-9-32-8-7-31-6-5-26-24(28)20-37-21-25(29)30/h1-4,19H,5-18,20-21H2,(H,26,28)(H,29,30). The summed E-state index contributed by atoms with van der Waals surface area (Å²) >= 11 is 0. The average molecular weight is 546 g/mol. The van der Waals surface area contributed by atoms with Crippen LogP contribution in [0.15, 0.2) is 24.3 Å². The second kappa shape index (κ2) is 24.7. The molecular formula is C25H39NO12. The number of rotatable bonds is 27. The van der Waals surface area contributed by atoms with Crippen LogP contribution >= 0.6 is 0 Å². The van der Waals surface area contributed by atoms with Crippen molar-refractivity contribution in [2.24, 2.45) is 0 Å². The van der Waals surface area contributed by atoms with Crippen LogP contribution in [-0.4, -0.2) is 129 Å². The summed E-state index contributed by atoms with van der Waals surface area (Å²) in [7, 11) is 0. The number of ether oxygens (including phenoxy) is 8. The van der Waals surface area contributed by atoms with Crippen LogP contribution in [0.3, 0.4) is 0 Å². The molecule has 0 fully saturated rings. The van der Waals surface area contributed by atoms with E-state index in [1.807, 2.05) is 0 Å². The number of amides is 1. The van der Waals surface area contributed by atoms with E-state index in [-0.39, 0.29) is 6.61 Å². The summed E-state index contributed by atoms with van der Waals surface area (Å²) in [5.41, 5.74) is 0.607. The Bertz CT molecular complexity index is 732. The molecule has 1 aromatic rings. The normalized spacial score (nSPS) is 10.8. The van der Waals surface area contributed by atoms with Gasteiger partial charge >= 0.3 is 5.97 Å². The maximum Gasteiger partial charge on any atom is 0.329 e. The van der Waals surface area contributed by atoms with Crippen molar-refractivity contribution in [2.75, 3.05) is 106 Å². The smallest absolute Gasteiger partial charge is 0.329 e. The zero-order chi connectivity index (χ0) is 27.5. The highest BCUT2D eigenvalue weighted by atomic mass is 16.6. The molecule has 216 valence electrons. The first-order valence-corrected chi connectivity index (χ1v) is 12.3. The van der Waals surface area contributed by atoms with Crippen LogP contribution in [0, 0.1) is 0 Å². The van der Waals surface area contributed by atoms with E-state index in [2.05, 4.69) is 10.1 Å². The number of carboxylic acids is 1. The van der Waals surface area contributed by atoms with E-state index in [4.69, 9.17) is 38.3 Å². The first kappa shape index (κ1) is 33.4. The minimum Gasteiger partial charge on any atom is -0.491 e. The van der Waals surface area contributed by atoms with Crippen molar-refractivity contribution in [3.8, 4) is 5.75 Å². The van der Waals surface area contributed by atoms with Gasteiger partial charge in [0, 0.05) is 12.1 Å². The summed E-state index contributed by atoms with van der Waals surface area (Å²) in [4.78, 5) is 32.2. The van der Waals surface area contributed by atoms with Crippen molar-refractivity contribution in [3.63, 3.8) is 0 Å². The number of aliphatic carboxylic acids is 1. The van der Waals surface area contributed by atoms with Gasteiger partial charge in [-0.1, -0.05) is 0 Å². The first-order valence-electron chi connectivity index (χ1n) is 12.3. The molecule has 0 unspecified atom stereocenters. The highest BCUT2D eigenvalue weighted by Crippen LogP contribution is 2.10. The van der Waals surface area contributed by atoms with E-state index in [0.717, 1.165) is 6.29 Å². The summed E-state index contributed by atoms with van der Waals surface area (Å²) in [6, 6.07) is 6.88. The zero-order valence-corrected chi connectivity index (χ0v) is 21.6. The Labute approximate surface area is 222 Å². The summed E-state index contributed by atoms with van der Waals surface area (Å²) in [5, 5.41) is 10.9. The van der Waals surface area contributed by atoms with Gasteiger partial charge in [0.05, 0.1) is 79.3 Å². The number of aldehydes is 1. The molecule has 13 nitrogen and oxygen atoms in total. The van der Waals surface area contributed by atoms with E-state index in [1.165, 1.54) is 0 Å². The molecule has 38 heavy (non-hydrogen) atoms. The zero-order valence-electron chi connectivity index (χ0n) is 21.6. The lowest BCUT2D eigenvalue weighted by atomic mass is 10.2. The Morgan fingerprint density at radius 1 is 0.632 bits per heavy atom. The van der Waals surface area contributed by atoms with Crippen molar-refractivity contribution >= 4 is 18.2 Å². The van der Waals surface area contributed by atoms with Gasteiger partial charge in [0.15, 0.2) is 0 Å². The molecule has 0 radical (unpaired) electrons. The molecule has 0 aliphatic rings. The monoisotopic (exact) mass is 545 g/mol. The summed E-state index contributed by atoms with van der Waals surface area (Å²) in [6.07, 6.45) is 0.787. The SMILES string of the molecule is O=Cc1ccc(OCCOCCOCCOCCOCCOCCOCCNC(=O)COCC(=O)O)cc1. The fraction of sp³-hybridized carbons (Fsp3) is 0.640. The molecule has 0 heterocycles. The van der Waals surface area contributed by atoms with Crippen molar-refractivity contribution in [1.82, 2.24) is 5.32 Å². The van der Waals surface area contributed by atoms with E-state index in [9.17, 15) is 14.4 Å². The molecule has 13 heteroatoms. The van der Waals surface area contributed by atoms with Crippen LogP contribution in [0.2, 0.25) is 0 Å². The van der Waals surface area contributed by atoms with Crippen LogP contribution in [0.5, 0.6) is 5.75 Å². The Morgan fingerprint density at radius 2 is 1.08 bits per heavy atom. The molecule has 2 N–H and O–H groups in total. The lowest BCUT2D eigenvalue weighted by molar-refractivity contribution is -0.143. The molecule has 0 saturated carbocycles. The lowest BCUT2D eigenvalue weighted by Crippen LogP contribution is -2.31. The summed E-state index contributed by atoms with van der Waals surface area (Å²) < 4.78 is 42.5. The topological polar surface area (TPSA) is 157 Å². The number of carbonyl (C=O) groups is 3. The first-order chi connectivity index (χ1) is 18.6. The minimum absolute atomic E-state index is 0.300. The molecule has 0 aliphatic carbocycles. The molecule has 0 bridgehead atoms. The number of carbonyl (C=O) groups excluding carboxylic acids is 2. The molecule has 0 atom stereocenters. The van der Waals surface area contributed by atoms with Gasteiger partial charge in [-0.15, -0.1) is 0 Å². The average Bonchev–Trinajstić information content (AvgIpc) is 2.91. The number of carboxylic acid groups (broad SMARTS) is 1. The van der Waals surface area contributed by atoms with Crippen LogP contribution in [0.1, 0.15) is 10.4 Å². The van der Waals surface area contributed by atoms with Gasteiger partial charge in [0.1, 0.15) is 31.9 Å². The maximum atomic E-state index is 11.3. The quantitative estimate of drug-likeness (QED) is 0.114. The number of benzene rings is 1. The van der Waals surface area contributed by atoms with Crippen molar-refractivity contribution in [1.29, 1.82) is 0 Å². The Kier molecular flexibility index (Phi) is 21.7. The molecular weight excluding hydrogens is 506 g/mol.